The molecule has 0 radical (unpaired) electrons. The molecule has 0 saturated heterocycles. The lowest BCUT2D eigenvalue weighted by Gasteiger charge is -2.55. The Balaban J connectivity index is 1.45. The van der Waals surface area contributed by atoms with Gasteiger partial charge < -0.3 is 4.74 Å². The number of pyridine rings is 1. The van der Waals surface area contributed by atoms with Crippen LogP contribution in [-0.2, 0) is 16.0 Å². The summed E-state index contributed by atoms with van der Waals surface area (Å²) >= 11 is 0. The minimum absolute atomic E-state index is 0.0573. The Hall–Kier alpha value is -1.38. The van der Waals surface area contributed by atoms with Gasteiger partial charge in [0.1, 0.15) is 5.60 Å². The van der Waals surface area contributed by atoms with E-state index in [4.69, 9.17) is 4.74 Å². The molecule has 4 aliphatic rings. The van der Waals surface area contributed by atoms with Crippen LogP contribution < -0.4 is 0 Å². The van der Waals surface area contributed by atoms with Gasteiger partial charge in [-0.1, -0.05) is 0 Å². The van der Waals surface area contributed by atoms with Crippen molar-refractivity contribution in [2.45, 2.75) is 50.5 Å². The number of ether oxygens (including phenoxy) is 1. The molecule has 0 amide bonds. The number of carbonyl (C=O) groups is 1. The molecule has 4 bridgehead atoms. The van der Waals surface area contributed by atoms with Crippen molar-refractivity contribution in [1.82, 2.24) is 4.98 Å². The van der Waals surface area contributed by atoms with E-state index in [1.165, 1.54) is 19.3 Å². The Morgan fingerprint density at radius 3 is 2.20 bits per heavy atom. The second kappa shape index (κ2) is 4.57. The number of nitrogens with zero attached hydrogens (tertiary/aromatic N) is 1. The second-order valence-electron chi connectivity index (χ2n) is 7.11. The summed E-state index contributed by atoms with van der Waals surface area (Å²) in [6, 6.07) is 3.78. The van der Waals surface area contributed by atoms with E-state index < -0.39 is 0 Å². The van der Waals surface area contributed by atoms with Gasteiger partial charge in [0, 0.05) is 12.4 Å². The lowest BCUT2D eigenvalue weighted by Crippen LogP contribution is -2.52. The topological polar surface area (TPSA) is 39.2 Å². The maximum Gasteiger partial charge on any atom is 0.310 e. The van der Waals surface area contributed by atoms with E-state index in [2.05, 4.69) is 4.98 Å². The van der Waals surface area contributed by atoms with Gasteiger partial charge in [0.05, 0.1) is 6.42 Å². The molecule has 4 aliphatic carbocycles. The standard InChI is InChI=1S/C17H21NO2/c19-16(8-12-1-3-18-4-2-12)20-17-9-13-5-14(10-17)7-15(6-13)11-17/h1-4,13-15H,5-11H2. The monoisotopic (exact) mass is 271 g/mol. The van der Waals surface area contributed by atoms with Crippen LogP contribution in [0.2, 0.25) is 0 Å². The zero-order chi connectivity index (χ0) is 13.6. The van der Waals surface area contributed by atoms with E-state index >= 15 is 0 Å². The van der Waals surface area contributed by atoms with Crippen LogP contribution in [0.3, 0.4) is 0 Å². The van der Waals surface area contributed by atoms with Gasteiger partial charge in [0.15, 0.2) is 0 Å². The van der Waals surface area contributed by atoms with Crippen LogP contribution in [0.5, 0.6) is 0 Å². The molecule has 0 atom stereocenters. The fourth-order valence-electron chi connectivity index (χ4n) is 5.10. The molecular formula is C17H21NO2. The van der Waals surface area contributed by atoms with Crippen LogP contribution >= 0.6 is 0 Å². The van der Waals surface area contributed by atoms with Crippen molar-refractivity contribution in [2.24, 2.45) is 17.8 Å². The first-order chi connectivity index (χ1) is 9.71. The third kappa shape index (κ3) is 2.23. The first kappa shape index (κ1) is 12.4. The molecule has 3 nitrogen and oxygen atoms in total. The Kier molecular flexibility index (Phi) is 2.83. The summed E-state index contributed by atoms with van der Waals surface area (Å²) in [4.78, 5) is 16.2. The van der Waals surface area contributed by atoms with Crippen LogP contribution in [0.25, 0.3) is 0 Å². The van der Waals surface area contributed by atoms with Gasteiger partial charge >= 0.3 is 5.97 Å². The molecule has 0 unspecified atom stereocenters. The van der Waals surface area contributed by atoms with Crippen LogP contribution in [0.1, 0.15) is 44.1 Å². The van der Waals surface area contributed by atoms with Crippen molar-refractivity contribution in [3.63, 3.8) is 0 Å². The van der Waals surface area contributed by atoms with Gasteiger partial charge in [-0.25, -0.2) is 0 Å². The van der Waals surface area contributed by atoms with Gasteiger partial charge in [0.25, 0.3) is 0 Å². The fourth-order valence-corrected chi connectivity index (χ4v) is 5.10. The summed E-state index contributed by atoms with van der Waals surface area (Å²) in [6.45, 7) is 0. The molecule has 4 saturated carbocycles. The number of aromatic nitrogens is 1. The third-order valence-electron chi connectivity index (χ3n) is 5.41. The van der Waals surface area contributed by atoms with E-state index in [9.17, 15) is 4.79 Å². The summed E-state index contributed by atoms with van der Waals surface area (Å²) in [7, 11) is 0. The highest BCUT2D eigenvalue weighted by molar-refractivity contribution is 5.73. The lowest BCUT2D eigenvalue weighted by atomic mass is 9.54. The number of hydrogen-bond acceptors (Lipinski definition) is 3. The highest BCUT2D eigenvalue weighted by Crippen LogP contribution is 2.57. The third-order valence-corrected chi connectivity index (χ3v) is 5.41. The van der Waals surface area contributed by atoms with E-state index in [0.29, 0.717) is 6.42 Å². The van der Waals surface area contributed by atoms with Gasteiger partial charge in [-0.2, -0.15) is 0 Å². The molecule has 3 heteroatoms. The smallest absolute Gasteiger partial charge is 0.310 e. The first-order valence-corrected chi connectivity index (χ1v) is 7.81. The zero-order valence-electron chi connectivity index (χ0n) is 11.8. The summed E-state index contributed by atoms with van der Waals surface area (Å²) in [5, 5.41) is 0. The Morgan fingerprint density at radius 2 is 1.65 bits per heavy atom. The molecule has 5 rings (SSSR count). The lowest BCUT2D eigenvalue weighted by molar-refractivity contribution is -0.185. The largest absolute Gasteiger partial charge is 0.459 e. The molecule has 4 fully saturated rings. The highest BCUT2D eigenvalue weighted by Gasteiger charge is 2.53. The summed E-state index contributed by atoms with van der Waals surface area (Å²) in [5.41, 5.74) is 0.883. The molecule has 1 heterocycles. The molecule has 1 aromatic rings. The average Bonchev–Trinajstić information content (AvgIpc) is 2.37. The number of rotatable bonds is 3. The Bertz CT molecular complexity index is 476. The maximum absolute atomic E-state index is 12.3. The number of carbonyl (C=O) groups excluding carboxylic acids is 1. The predicted molar refractivity (Wildman–Crippen MR) is 74.9 cm³/mol. The van der Waals surface area contributed by atoms with Crippen LogP contribution in [0, 0.1) is 17.8 Å². The van der Waals surface area contributed by atoms with E-state index in [-0.39, 0.29) is 11.6 Å². The average molecular weight is 271 g/mol. The molecule has 0 N–H and O–H groups in total. The molecular weight excluding hydrogens is 250 g/mol. The molecule has 0 aromatic carbocycles. The van der Waals surface area contributed by atoms with Gasteiger partial charge in [0.2, 0.25) is 0 Å². The Labute approximate surface area is 119 Å². The van der Waals surface area contributed by atoms with Crippen molar-refractivity contribution >= 4 is 5.97 Å². The van der Waals surface area contributed by atoms with Crippen molar-refractivity contribution in [3.8, 4) is 0 Å². The summed E-state index contributed by atoms with van der Waals surface area (Å²) in [5.74, 6) is 2.39. The second-order valence-corrected chi connectivity index (χ2v) is 7.11. The molecule has 0 spiro atoms. The predicted octanol–water partition coefficient (Wildman–Crippen LogP) is 3.14. The normalized spacial score (nSPS) is 37.9. The van der Waals surface area contributed by atoms with Crippen molar-refractivity contribution in [1.29, 1.82) is 0 Å². The van der Waals surface area contributed by atoms with Crippen LogP contribution in [0.4, 0.5) is 0 Å². The molecule has 106 valence electrons. The highest BCUT2D eigenvalue weighted by atomic mass is 16.6. The van der Waals surface area contributed by atoms with E-state index in [0.717, 1.165) is 42.6 Å². The number of hydrogen-bond donors (Lipinski definition) is 0. The number of esters is 1. The maximum atomic E-state index is 12.3. The summed E-state index contributed by atoms with van der Waals surface area (Å²) in [6.07, 6.45) is 11.3. The van der Waals surface area contributed by atoms with E-state index in [1.807, 2.05) is 12.1 Å². The molecule has 0 aliphatic heterocycles. The van der Waals surface area contributed by atoms with Crippen molar-refractivity contribution in [3.05, 3.63) is 30.1 Å². The molecule has 1 aromatic heterocycles. The van der Waals surface area contributed by atoms with Crippen LogP contribution in [-0.4, -0.2) is 16.6 Å². The molecule has 20 heavy (non-hydrogen) atoms. The summed E-state index contributed by atoms with van der Waals surface area (Å²) < 4.78 is 6.00. The van der Waals surface area contributed by atoms with Crippen molar-refractivity contribution < 1.29 is 9.53 Å². The SMILES string of the molecule is O=C(Cc1ccncc1)OC12CC3CC(CC(C3)C1)C2. The van der Waals surface area contributed by atoms with Crippen molar-refractivity contribution in [2.75, 3.05) is 0 Å². The Morgan fingerprint density at radius 1 is 1.10 bits per heavy atom. The van der Waals surface area contributed by atoms with Gasteiger partial charge in [-0.3, -0.25) is 9.78 Å². The van der Waals surface area contributed by atoms with E-state index in [1.54, 1.807) is 12.4 Å². The minimum atomic E-state index is -0.112. The zero-order valence-corrected chi connectivity index (χ0v) is 11.8. The quantitative estimate of drug-likeness (QED) is 0.793. The fraction of sp³-hybridized carbons (Fsp3) is 0.647. The van der Waals surface area contributed by atoms with Crippen LogP contribution in [0.15, 0.2) is 24.5 Å². The van der Waals surface area contributed by atoms with Gasteiger partial charge in [-0.15, -0.1) is 0 Å². The minimum Gasteiger partial charge on any atom is -0.459 e. The first-order valence-electron chi connectivity index (χ1n) is 7.81. The van der Waals surface area contributed by atoms with Gasteiger partial charge in [-0.05, 0) is 74.0 Å².